The Bertz CT molecular complexity index is 608. The fourth-order valence-electron chi connectivity index (χ4n) is 2.08. The summed E-state index contributed by atoms with van der Waals surface area (Å²) in [7, 11) is 1.62. The summed E-state index contributed by atoms with van der Waals surface area (Å²) in [6.45, 7) is 1.88. The van der Waals surface area contributed by atoms with Gasteiger partial charge in [-0.1, -0.05) is 30.3 Å². The highest BCUT2D eigenvalue weighted by Crippen LogP contribution is 2.27. The van der Waals surface area contributed by atoms with Crippen molar-refractivity contribution in [1.82, 2.24) is 0 Å². The average Bonchev–Trinajstić information content (AvgIpc) is 2.48. The third-order valence-electron chi connectivity index (χ3n) is 3.19. The topological polar surface area (TPSA) is 38.3 Å². The number of anilines is 1. The van der Waals surface area contributed by atoms with Crippen LogP contribution >= 0.6 is 11.6 Å². The number of amides is 1. The van der Waals surface area contributed by atoms with Crippen LogP contribution in [0.5, 0.6) is 5.75 Å². The lowest BCUT2D eigenvalue weighted by molar-refractivity contribution is -0.115. The Labute approximate surface area is 129 Å². The van der Waals surface area contributed by atoms with Crippen LogP contribution in [-0.2, 0) is 11.2 Å². The van der Waals surface area contributed by atoms with Crippen molar-refractivity contribution in [2.45, 2.75) is 18.7 Å². The number of rotatable bonds is 5. The number of benzene rings is 2. The number of ether oxygens (including phenoxy) is 1. The molecule has 2 aromatic carbocycles. The number of halogens is 1. The summed E-state index contributed by atoms with van der Waals surface area (Å²) in [5.74, 6) is 0.713. The van der Waals surface area contributed by atoms with Crippen LogP contribution in [0.4, 0.5) is 5.69 Å². The van der Waals surface area contributed by atoms with Gasteiger partial charge in [-0.2, -0.15) is 0 Å². The molecule has 0 aromatic heterocycles. The van der Waals surface area contributed by atoms with E-state index in [2.05, 4.69) is 5.32 Å². The van der Waals surface area contributed by atoms with E-state index in [4.69, 9.17) is 16.3 Å². The molecule has 2 rings (SSSR count). The van der Waals surface area contributed by atoms with Crippen LogP contribution in [0.2, 0.25) is 0 Å². The standard InChI is InChI=1S/C17H18ClNO2/c1-12(18)15-5-3-4-6-16(15)19-17(20)11-13-7-9-14(21-2)10-8-13/h3-10,12H,11H2,1-2H3,(H,19,20). The minimum absolute atomic E-state index is 0.0649. The van der Waals surface area contributed by atoms with Crippen LogP contribution < -0.4 is 10.1 Å². The molecule has 0 aliphatic rings. The van der Waals surface area contributed by atoms with Gasteiger partial charge in [-0.15, -0.1) is 11.6 Å². The van der Waals surface area contributed by atoms with Gasteiger partial charge in [0.05, 0.1) is 18.9 Å². The quantitative estimate of drug-likeness (QED) is 0.842. The molecule has 0 saturated heterocycles. The summed E-state index contributed by atoms with van der Waals surface area (Å²) in [5.41, 5.74) is 2.62. The summed E-state index contributed by atoms with van der Waals surface area (Å²) >= 11 is 6.12. The van der Waals surface area contributed by atoms with Gasteiger partial charge in [-0.05, 0) is 36.2 Å². The van der Waals surface area contributed by atoms with E-state index in [1.807, 2.05) is 55.5 Å². The van der Waals surface area contributed by atoms with Crippen molar-refractivity contribution in [3.63, 3.8) is 0 Å². The van der Waals surface area contributed by atoms with Gasteiger partial charge in [0.15, 0.2) is 0 Å². The predicted octanol–water partition coefficient (Wildman–Crippen LogP) is 4.18. The van der Waals surface area contributed by atoms with Gasteiger partial charge in [0.1, 0.15) is 5.75 Å². The number of hydrogen-bond donors (Lipinski definition) is 1. The minimum Gasteiger partial charge on any atom is -0.497 e. The molecule has 0 heterocycles. The molecule has 110 valence electrons. The Hall–Kier alpha value is -2.00. The van der Waals surface area contributed by atoms with Crippen LogP contribution in [0.25, 0.3) is 0 Å². The molecule has 1 amide bonds. The molecule has 2 aromatic rings. The first-order valence-electron chi connectivity index (χ1n) is 6.76. The van der Waals surface area contributed by atoms with Crippen LogP contribution in [0.3, 0.4) is 0 Å². The Morgan fingerprint density at radius 3 is 2.48 bits per heavy atom. The second-order valence-corrected chi connectivity index (χ2v) is 5.43. The molecule has 4 heteroatoms. The van der Waals surface area contributed by atoms with Crippen molar-refractivity contribution in [2.75, 3.05) is 12.4 Å². The lowest BCUT2D eigenvalue weighted by Crippen LogP contribution is -2.15. The largest absolute Gasteiger partial charge is 0.497 e. The molecular formula is C17H18ClNO2. The molecule has 0 aliphatic carbocycles. The average molecular weight is 304 g/mol. The van der Waals surface area contributed by atoms with Crippen molar-refractivity contribution in [2.24, 2.45) is 0 Å². The lowest BCUT2D eigenvalue weighted by Gasteiger charge is -2.12. The Balaban J connectivity index is 2.04. The number of alkyl halides is 1. The molecule has 1 unspecified atom stereocenters. The molecule has 21 heavy (non-hydrogen) atoms. The second kappa shape index (κ2) is 7.14. The summed E-state index contributed by atoms with van der Waals surface area (Å²) < 4.78 is 5.10. The molecule has 0 fully saturated rings. The molecule has 3 nitrogen and oxygen atoms in total. The van der Waals surface area contributed by atoms with Crippen LogP contribution in [0.15, 0.2) is 48.5 Å². The molecule has 0 spiro atoms. The zero-order valence-corrected chi connectivity index (χ0v) is 12.9. The number of nitrogens with one attached hydrogen (secondary N) is 1. The lowest BCUT2D eigenvalue weighted by atomic mass is 10.1. The van der Waals surface area contributed by atoms with Gasteiger partial charge in [0.2, 0.25) is 5.91 Å². The summed E-state index contributed by atoms with van der Waals surface area (Å²) in [6.07, 6.45) is 0.314. The molecule has 1 atom stereocenters. The second-order valence-electron chi connectivity index (χ2n) is 4.78. The van der Waals surface area contributed by atoms with Crippen molar-refractivity contribution in [3.8, 4) is 5.75 Å². The zero-order valence-electron chi connectivity index (χ0n) is 12.1. The molecule has 0 saturated carbocycles. The first-order valence-corrected chi connectivity index (χ1v) is 7.19. The van der Waals surface area contributed by atoms with Gasteiger partial charge >= 0.3 is 0 Å². The van der Waals surface area contributed by atoms with E-state index in [1.54, 1.807) is 7.11 Å². The summed E-state index contributed by atoms with van der Waals surface area (Å²) in [6, 6.07) is 15.0. The van der Waals surface area contributed by atoms with E-state index < -0.39 is 0 Å². The molecule has 1 N–H and O–H groups in total. The summed E-state index contributed by atoms with van der Waals surface area (Å²) in [4.78, 5) is 12.1. The smallest absolute Gasteiger partial charge is 0.228 e. The Kier molecular flexibility index (Phi) is 5.23. The zero-order chi connectivity index (χ0) is 15.2. The maximum Gasteiger partial charge on any atom is 0.228 e. The van der Waals surface area contributed by atoms with E-state index in [0.717, 1.165) is 22.6 Å². The van der Waals surface area contributed by atoms with Crippen molar-refractivity contribution < 1.29 is 9.53 Å². The number of carbonyl (C=O) groups is 1. The molecule has 0 aliphatic heterocycles. The summed E-state index contributed by atoms with van der Waals surface area (Å²) in [5, 5.41) is 2.76. The first-order chi connectivity index (χ1) is 10.1. The predicted molar refractivity (Wildman–Crippen MR) is 86.0 cm³/mol. The third kappa shape index (κ3) is 4.23. The van der Waals surface area contributed by atoms with E-state index in [9.17, 15) is 4.79 Å². The van der Waals surface area contributed by atoms with Crippen molar-refractivity contribution in [3.05, 3.63) is 59.7 Å². The molecule has 0 radical (unpaired) electrons. The van der Waals surface area contributed by atoms with Gasteiger partial charge < -0.3 is 10.1 Å². The number of methoxy groups -OCH3 is 1. The van der Waals surface area contributed by atoms with E-state index in [0.29, 0.717) is 6.42 Å². The normalized spacial score (nSPS) is 11.8. The maximum atomic E-state index is 12.1. The van der Waals surface area contributed by atoms with Gasteiger partial charge in [-0.3, -0.25) is 4.79 Å². The van der Waals surface area contributed by atoms with Gasteiger partial charge in [0, 0.05) is 5.69 Å². The van der Waals surface area contributed by atoms with Crippen molar-refractivity contribution >= 4 is 23.2 Å². The SMILES string of the molecule is COc1ccc(CC(=O)Nc2ccccc2C(C)Cl)cc1. The van der Waals surface area contributed by atoms with Crippen LogP contribution in [0, 0.1) is 0 Å². The van der Waals surface area contributed by atoms with E-state index in [1.165, 1.54) is 0 Å². The Morgan fingerprint density at radius 2 is 1.86 bits per heavy atom. The van der Waals surface area contributed by atoms with E-state index >= 15 is 0 Å². The fraction of sp³-hybridized carbons (Fsp3) is 0.235. The first kappa shape index (κ1) is 15.4. The number of carbonyl (C=O) groups excluding carboxylic acids is 1. The monoisotopic (exact) mass is 303 g/mol. The van der Waals surface area contributed by atoms with Crippen LogP contribution in [-0.4, -0.2) is 13.0 Å². The number of hydrogen-bond acceptors (Lipinski definition) is 2. The van der Waals surface area contributed by atoms with E-state index in [-0.39, 0.29) is 11.3 Å². The third-order valence-corrected chi connectivity index (χ3v) is 3.42. The van der Waals surface area contributed by atoms with Crippen LogP contribution in [0.1, 0.15) is 23.4 Å². The Morgan fingerprint density at radius 1 is 1.19 bits per heavy atom. The van der Waals surface area contributed by atoms with Gasteiger partial charge in [0.25, 0.3) is 0 Å². The van der Waals surface area contributed by atoms with Gasteiger partial charge in [-0.25, -0.2) is 0 Å². The highest BCUT2D eigenvalue weighted by Gasteiger charge is 2.10. The molecular weight excluding hydrogens is 286 g/mol. The number of para-hydroxylation sites is 1. The fourth-order valence-corrected chi connectivity index (χ4v) is 2.27. The highest BCUT2D eigenvalue weighted by atomic mass is 35.5. The maximum absolute atomic E-state index is 12.1. The minimum atomic E-state index is -0.150. The highest BCUT2D eigenvalue weighted by molar-refractivity contribution is 6.21. The molecule has 0 bridgehead atoms. The van der Waals surface area contributed by atoms with Crippen molar-refractivity contribution in [1.29, 1.82) is 0 Å².